The minimum Gasteiger partial charge on any atom is -0.421 e. The third-order valence-electron chi connectivity index (χ3n) is 8.23. The number of hydrogen-bond donors (Lipinski definition) is 0. The summed E-state index contributed by atoms with van der Waals surface area (Å²) in [7, 11) is 11.2. The van der Waals surface area contributed by atoms with Gasteiger partial charge in [-0.25, -0.2) is 33.6 Å². The van der Waals surface area contributed by atoms with Crippen molar-refractivity contribution in [2.24, 2.45) is 0 Å². The summed E-state index contributed by atoms with van der Waals surface area (Å²) in [6, 6.07) is 57.7. The zero-order valence-electron chi connectivity index (χ0n) is 61.4. The fourth-order valence-corrected chi connectivity index (χ4v) is 4.56. The fourth-order valence-electron chi connectivity index (χ4n) is 4.56. The maximum absolute atomic E-state index is 12.1. The molecule has 0 aliphatic carbocycles. The molecule has 0 bridgehead atoms. The number of alkyl halides is 3. The van der Waals surface area contributed by atoms with E-state index in [4.69, 9.17) is 0 Å². The molecule has 7 aromatic rings. The van der Waals surface area contributed by atoms with Crippen LogP contribution in [-0.4, -0.2) is 106 Å². The summed E-state index contributed by atoms with van der Waals surface area (Å²) < 4.78 is 158. The summed E-state index contributed by atoms with van der Waals surface area (Å²) in [4.78, 5) is 74.3. The van der Waals surface area contributed by atoms with Gasteiger partial charge in [-0.1, -0.05) is 215 Å². The van der Waals surface area contributed by atoms with Gasteiger partial charge in [0, 0.05) is 42.7 Å². The van der Waals surface area contributed by atoms with E-state index in [1.165, 1.54) is 0 Å². The summed E-state index contributed by atoms with van der Waals surface area (Å²) in [5, 5.41) is 0. The standard InChI is InChI=1S/7C9H7FO2.3C2H6O.3C2H6.3CH3F/c7*1-7(10)9(11)12-8-5-3-2-4-6-8;3*1-3-2;6*1-2/h7*2-6H,1H2;3*1-2H3;3*1-2H3;3*1H3. The first-order valence-electron chi connectivity index (χ1n) is 29.8. The average Bonchev–Trinajstić information content (AvgIpc) is 1.71. The van der Waals surface area contributed by atoms with E-state index in [1.807, 2.05) is 41.5 Å². The number of benzene rings is 7. The Labute approximate surface area is 609 Å². The van der Waals surface area contributed by atoms with Gasteiger partial charge in [-0.3, -0.25) is 13.2 Å². The van der Waals surface area contributed by atoms with Gasteiger partial charge in [0.25, 0.3) is 0 Å². The molecule has 7 aromatic carbocycles. The zero-order valence-corrected chi connectivity index (χ0v) is 61.4. The van der Waals surface area contributed by atoms with E-state index in [0.29, 0.717) is 61.8 Å². The molecule has 0 aliphatic heterocycles. The highest BCUT2D eigenvalue weighted by Gasteiger charge is 2.12. The van der Waals surface area contributed by atoms with Crippen LogP contribution in [0.25, 0.3) is 0 Å². The Hall–Kier alpha value is -11.8. The van der Waals surface area contributed by atoms with E-state index in [2.05, 4.69) is 93.4 Å². The van der Waals surface area contributed by atoms with E-state index >= 15 is 0 Å². The smallest absolute Gasteiger partial charge is 0.371 e. The molecule has 0 saturated carbocycles. The Bertz CT molecular complexity index is 2750. The number of carbonyl (C=O) groups excluding carboxylic acids is 7. The van der Waals surface area contributed by atoms with Crippen molar-refractivity contribution >= 4 is 41.8 Å². The van der Waals surface area contributed by atoms with Crippen LogP contribution in [0, 0.1) is 0 Å². The number of esters is 7. The Balaban J connectivity index is -0.000000140. The van der Waals surface area contributed by atoms with Crippen molar-refractivity contribution in [3.8, 4) is 40.2 Å². The van der Waals surface area contributed by atoms with Gasteiger partial charge >= 0.3 is 41.8 Å². The Morgan fingerprint density at radius 1 is 0.200 bits per heavy atom. The largest absolute Gasteiger partial charge is 0.421 e. The van der Waals surface area contributed by atoms with Crippen LogP contribution >= 0.6 is 0 Å². The molecule has 0 heterocycles. The van der Waals surface area contributed by atoms with Crippen molar-refractivity contribution in [2.75, 3.05) is 64.2 Å². The molecular weight excluding hydrogens is 1400 g/mol. The number of rotatable bonds is 14. The lowest BCUT2D eigenvalue weighted by molar-refractivity contribution is -0.132. The third-order valence-corrected chi connectivity index (χ3v) is 8.23. The van der Waals surface area contributed by atoms with Crippen molar-refractivity contribution in [2.45, 2.75) is 41.5 Å². The molecular formula is C78H94F10O17. The predicted octanol–water partition coefficient (Wildman–Crippen LogP) is 20.1. The number of hydrogen-bond acceptors (Lipinski definition) is 17. The van der Waals surface area contributed by atoms with Gasteiger partial charge in [0.05, 0.1) is 21.5 Å². The number of methoxy groups -OCH3 is 3. The molecule has 0 radical (unpaired) electrons. The Kier molecular flexibility index (Phi) is 88.2. The molecule has 0 unspecified atom stereocenters. The predicted molar refractivity (Wildman–Crippen MR) is 390 cm³/mol. The van der Waals surface area contributed by atoms with Gasteiger partial charge in [-0.2, -0.15) is 30.7 Å². The molecule has 0 aromatic heterocycles. The van der Waals surface area contributed by atoms with Gasteiger partial charge in [0.2, 0.25) is 40.8 Å². The van der Waals surface area contributed by atoms with Crippen LogP contribution in [0.15, 0.2) is 299 Å². The minimum atomic E-state index is -1.10. The monoisotopic (exact) mass is 1490 g/mol. The normalized spacial score (nSPS) is 8.12. The van der Waals surface area contributed by atoms with Gasteiger partial charge in [-0.05, 0) is 84.9 Å². The first-order valence-corrected chi connectivity index (χ1v) is 29.8. The lowest BCUT2D eigenvalue weighted by atomic mass is 10.3. The number of carbonyl (C=O) groups is 7. The summed E-state index contributed by atoms with van der Waals surface area (Å²) >= 11 is 0. The molecule has 0 fully saturated rings. The summed E-state index contributed by atoms with van der Waals surface area (Å²) in [5.74, 6) is -12.9. The third kappa shape index (κ3) is 74.7. The molecule has 0 N–H and O–H groups in total. The first-order chi connectivity index (χ1) is 50.1. The van der Waals surface area contributed by atoms with E-state index < -0.39 is 82.6 Å². The van der Waals surface area contributed by atoms with Gasteiger partial charge in [-0.15, -0.1) is 0 Å². The van der Waals surface area contributed by atoms with Crippen LogP contribution in [-0.2, 0) is 47.8 Å². The van der Waals surface area contributed by atoms with Gasteiger partial charge in [0.15, 0.2) is 0 Å². The van der Waals surface area contributed by atoms with Crippen molar-refractivity contribution in [1.29, 1.82) is 0 Å². The lowest BCUT2D eigenvalue weighted by Crippen LogP contribution is -2.06. The van der Waals surface area contributed by atoms with Crippen molar-refractivity contribution < 1.29 is 125 Å². The second kappa shape index (κ2) is 82.9. The van der Waals surface area contributed by atoms with E-state index in [0.717, 1.165) is 0 Å². The molecule has 7 rings (SSSR count). The molecule has 0 aliphatic rings. The molecule has 578 valence electrons. The van der Waals surface area contributed by atoms with E-state index in [-0.39, 0.29) is 0 Å². The van der Waals surface area contributed by atoms with Crippen molar-refractivity contribution in [3.63, 3.8) is 0 Å². The van der Waals surface area contributed by atoms with Gasteiger partial charge in [0.1, 0.15) is 40.2 Å². The molecule has 0 saturated heterocycles. The molecule has 105 heavy (non-hydrogen) atoms. The quantitative estimate of drug-likeness (QED) is 0.0429. The van der Waals surface area contributed by atoms with Crippen LogP contribution in [0.1, 0.15) is 41.5 Å². The Morgan fingerprint density at radius 2 is 0.267 bits per heavy atom. The van der Waals surface area contributed by atoms with Crippen LogP contribution in [0.2, 0.25) is 0 Å². The summed E-state index contributed by atoms with van der Waals surface area (Å²) in [6.45, 7) is 31.7. The summed E-state index contributed by atoms with van der Waals surface area (Å²) in [5.41, 5.74) is 0. The Morgan fingerprint density at radius 3 is 0.324 bits per heavy atom. The van der Waals surface area contributed by atoms with Gasteiger partial charge < -0.3 is 47.4 Å². The highest BCUT2D eigenvalue weighted by Crippen LogP contribution is 2.16. The highest BCUT2D eigenvalue weighted by molar-refractivity contribution is 5.89. The molecule has 17 nitrogen and oxygen atoms in total. The molecule has 0 atom stereocenters. The second-order valence-electron chi connectivity index (χ2n) is 16.0. The van der Waals surface area contributed by atoms with Crippen LogP contribution in [0.4, 0.5) is 43.9 Å². The first kappa shape index (κ1) is 112. The van der Waals surface area contributed by atoms with Crippen LogP contribution < -0.4 is 33.2 Å². The number of ether oxygens (including phenoxy) is 10. The maximum Gasteiger partial charge on any atom is 0.371 e. The fraction of sp³-hybridized carbons (Fsp3) is 0.192. The topological polar surface area (TPSA) is 212 Å². The van der Waals surface area contributed by atoms with E-state index in [1.54, 1.807) is 255 Å². The second-order valence-corrected chi connectivity index (χ2v) is 16.0. The molecule has 0 amide bonds. The van der Waals surface area contributed by atoms with Crippen molar-refractivity contribution in [1.82, 2.24) is 0 Å². The van der Waals surface area contributed by atoms with Crippen molar-refractivity contribution in [3.05, 3.63) is 299 Å². The van der Waals surface area contributed by atoms with E-state index in [9.17, 15) is 77.5 Å². The van der Waals surface area contributed by atoms with Crippen LogP contribution in [0.3, 0.4) is 0 Å². The highest BCUT2D eigenvalue weighted by atomic mass is 19.2. The number of halogens is 10. The number of para-hydroxylation sites is 7. The van der Waals surface area contributed by atoms with Crippen LogP contribution in [0.5, 0.6) is 40.2 Å². The SMILES string of the molecule is C=C(F)C(=O)Oc1ccccc1.C=C(F)C(=O)Oc1ccccc1.C=C(F)C(=O)Oc1ccccc1.C=C(F)C(=O)Oc1ccccc1.C=C(F)C(=O)Oc1ccccc1.C=C(F)C(=O)Oc1ccccc1.C=C(F)C(=O)Oc1ccccc1.CC.CC.CC.CF.CF.CF.COC.COC.COC. The molecule has 0 spiro atoms. The lowest BCUT2D eigenvalue weighted by Gasteiger charge is -1.99. The zero-order chi connectivity index (χ0) is 82.9. The maximum atomic E-state index is 12.1. The molecule has 27 heteroatoms. The average molecular weight is 1490 g/mol. The minimum absolute atomic E-state index is 0.307. The summed E-state index contributed by atoms with van der Waals surface area (Å²) in [6.07, 6.45) is 0.